The summed E-state index contributed by atoms with van der Waals surface area (Å²) in [5, 5.41) is 6.38. The second kappa shape index (κ2) is 7.84. The molecule has 0 aromatic heterocycles. The van der Waals surface area contributed by atoms with Crippen LogP contribution in [0.3, 0.4) is 0 Å². The summed E-state index contributed by atoms with van der Waals surface area (Å²) in [6.45, 7) is 11.3. The number of hydrogen-bond acceptors (Lipinski definition) is 4. The zero-order chi connectivity index (χ0) is 15.2. The van der Waals surface area contributed by atoms with Crippen LogP contribution in [0.15, 0.2) is 0 Å². The van der Waals surface area contributed by atoms with Crippen LogP contribution in [0.25, 0.3) is 0 Å². The summed E-state index contributed by atoms with van der Waals surface area (Å²) in [6, 6.07) is 0.622. The summed E-state index contributed by atoms with van der Waals surface area (Å²) < 4.78 is 10.8. The Morgan fingerprint density at radius 3 is 2.45 bits per heavy atom. The van der Waals surface area contributed by atoms with Crippen LogP contribution in [-0.4, -0.2) is 43.0 Å². The fourth-order valence-corrected chi connectivity index (χ4v) is 2.18. The van der Waals surface area contributed by atoms with Gasteiger partial charge in [-0.15, -0.1) is 0 Å². The van der Waals surface area contributed by atoms with Gasteiger partial charge < -0.3 is 20.1 Å². The Morgan fingerprint density at radius 2 is 1.95 bits per heavy atom. The molecule has 118 valence electrons. The predicted molar refractivity (Wildman–Crippen MR) is 79.9 cm³/mol. The molecule has 0 spiro atoms. The van der Waals surface area contributed by atoms with Gasteiger partial charge in [0.05, 0.1) is 6.10 Å². The van der Waals surface area contributed by atoms with E-state index < -0.39 is 5.60 Å². The van der Waals surface area contributed by atoms with E-state index in [-0.39, 0.29) is 12.1 Å². The molecule has 1 saturated carbocycles. The molecule has 1 fully saturated rings. The molecule has 0 radical (unpaired) electrons. The van der Waals surface area contributed by atoms with Crippen molar-refractivity contribution in [3.8, 4) is 0 Å². The second-order valence-corrected chi connectivity index (χ2v) is 6.41. The first-order chi connectivity index (χ1) is 9.34. The molecule has 1 aliphatic rings. The van der Waals surface area contributed by atoms with Crippen LogP contribution in [0.1, 0.15) is 53.9 Å². The minimum absolute atomic E-state index is 0.107. The maximum Gasteiger partial charge on any atom is 0.407 e. The topological polar surface area (TPSA) is 59.6 Å². The van der Waals surface area contributed by atoms with Crippen LogP contribution in [0.2, 0.25) is 0 Å². The summed E-state index contributed by atoms with van der Waals surface area (Å²) in [5.74, 6) is 0. The molecule has 1 unspecified atom stereocenters. The predicted octanol–water partition coefficient (Wildman–Crippen LogP) is 2.45. The van der Waals surface area contributed by atoms with E-state index in [0.29, 0.717) is 12.1 Å². The molecular formula is C15H30N2O3. The maximum atomic E-state index is 11.7. The first-order valence-electron chi connectivity index (χ1n) is 7.68. The molecule has 0 aromatic carbocycles. The Morgan fingerprint density at radius 1 is 1.30 bits per heavy atom. The van der Waals surface area contributed by atoms with E-state index in [1.165, 1.54) is 0 Å². The highest BCUT2D eigenvalue weighted by atomic mass is 16.6. The third-order valence-corrected chi connectivity index (χ3v) is 3.36. The van der Waals surface area contributed by atoms with Gasteiger partial charge in [-0.25, -0.2) is 4.79 Å². The quantitative estimate of drug-likeness (QED) is 0.754. The van der Waals surface area contributed by atoms with Gasteiger partial charge in [0.15, 0.2) is 0 Å². The summed E-state index contributed by atoms with van der Waals surface area (Å²) in [6.07, 6.45) is 3.09. The molecule has 1 amide bonds. The molecular weight excluding hydrogens is 256 g/mol. The highest BCUT2D eigenvalue weighted by Crippen LogP contribution is 2.23. The number of carbonyl (C=O) groups is 1. The number of amides is 1. The monoisotopic (exact) mass is 286 g/mol. The third kappa shape index (κ3) is 6.57. The molecule has 0 saturated heterocycles. The van der Waals surface area contributed by atoms with Crippen LogP contribution in [0, 0.1) is 0 Å². The number of rotatable bonds is 7. The van der Waals surface area contributed by atoms with Gasteiger partial charge in [-0.05, 0) is 47.0 Å². The van der Waals surface area contributed by atoms with E-state index in [9.17, 15) is 4.79 Å². The third-order valence-electron chi connectivity index (χ3n) is 3.36. The van der Waals surface area contributed by atoms with Gasteiger partial charge in [0.2, 0.25) is 0 Å². The van der Waals surface area contributed by atoms with Gasteiger partial charge >= 0.3 is 6.09 Å². The second-order valence-electron chi connectivity index (χ2n) is 6.41. The molecule has 1 aliphatic carbocycles. The first-order valence-corrected chi connectivity index (χ1v) is 7.68. The molecule has 20 heavy (non-hydrogen) atoms. The normalized spacial score (nSPS) is 23.9. The lowest BCUT2D eigenvalue weighted by molar-refractivity contribution is -0.0104. The average molecular weight is 286 g/mol. The molecule has 0 heterocycles. The number of ether oxygens (including phenoxy) is 2. The van der Waals surface area contributed by atoms with E-state index in [2.05, 4.69) is 17.6 Å². The highest BCUT2D eigenvalue weighted by molar-refractivity contribution is 5.68. The lowest BCUT2D eigenvalue weighted by Gasteiger charge is -2.36. The van der Waals surface area contributed by atoms with Gasteiger partial charge in [-0.2, -0.15) is 0 Å². The minimum atomic E-state index is -0.450. The van der Waals surface area contributed by atoms with Crippen molar-refractivity contribution in [2.75, 3.05) is 13.2 Å². The Labute approximate surface area is 122 Å². The van der Waals surface area contributed by atoms with Crippen molar-refractivity contribution >= 4 is 6.09 Å². The van der Waals surface area contributed by atoms with Crippen LogP contribution >= 0.6 is 0 Å². The number of nitrogens with one attached hydrogen (secondary N) is 2. The van der Waals surface area contributed by atoms with E-state index in [1.807, 2.05) is 27.7 Å². The van der Waals surface area contributed by atoms with E-state index in [0.717, 1.165) is 32.4 Å². The Balaban J connectivity index is 2.19. The SMILES string of the molecule is CCOC1CC(NCC(CC)NC(=O)OC(C)(C)C)C1. The van der Waals surface area contributed by atoms with Crippen molar-refractivity contribution in [1.82, 2.24) is 10.6 Å². The molecule has 0 bridgehead atoms. The van der Waals surface area contributed by atoms with Crippen molar-refractivity contribution in [3.63, 3.8) is 0 Å². The smallest absolute Gasteiger partial charge is 0.407 e. The van der Waals surface area contributed by atoms with Crippen LogP contribution in [0.4, 0.5) is 4.79 Å². The van der Waals surface area contributed by atoms with E-state index in [1.54, 1.807) is 0 Å². The average Bonchev–Trinajstić information content (AvgIpc) is 2.27. The fraction of sp³-hybridized carbons (Fsp3) is 0.933. The minimum Gasteiger partial charge on any atom is -0.444 e. The molecule has 5 nitrogen and oxygen atoms in total. The summed E-state index contributed by atoms with van der Waals surface area (Å²) in [7, 11) is 0. The Bertz CT molecular complexity index is 296. The van der Waals surface area contributed by atoms with Crippen molar-refractivity contribution in [3.05, 3.63) is 0 Å². The zero-order valence-electron chi connectivity index (χ0n) is 13.5. The van der Waals surface area contributed by atoms with Gasteiger partial charge in [0.1, 0.15) is 5.60 Å². The zero-order valence-corrected chi connectivity index (χ0v) is 13.5. The Hall–Kier alpha value is -0.810. The van der Waals surface area contributed by atoms with E-state index >= 15 is 0 Å². The van der Waals surface area contributed by atoms with Gasteiger partial charge in [-0.3, -0.25) is 0 Å². The maximum absolute atomic E-state index is 11.7. The van der Waals surface area contributed by atoms with Gasteiger partial charge in [-0.1, -0.05) is 6.92 Å². The van der Waals surface area contributed by atoms with Crippen LogP contribution in [-0.2, 0) is 9.47 Å². The van der Waals surface area contributed by atoms with Crippen LogP contribution < -0.4 is 10.6 Å². The van der Waals surface area contributed by atoms with Gasteiger partial charge in [0, 0.05) is 25.2 Å². The molecule has 0 aromatic rings. The largest absolute Gasteiger partial charge is 0.444 e. The Kier molecular flexibility index (Phi) is 6.76. The van der Waals surface area contributed by atoms with Crippen molar-refractivity contribution in [1.29, 1.82) is 0 Å². The summed E-state index contributed by atoms with van der Waals surface area (Å²) in [5.41, 5.74) is -0.450. The first kappa shape index (κ1) is 17.2. The summed E-state index contributed by atoms with van der Waals surface area (Å²) >= 11 is 0. The van der Waals surface area contributed by atoms with Crippen molar-refractivity contribution in [2.24, 2.45) is 0 Å². The van der Waals surface area contributed by atoms with Crippen LogP contribution in [0.5, 0.6) is 0 Å². The number of carbonyl (C=O) groups excluding carboxylic acids is 1. The molecule has 0 aliphatic heterocycles. The van der Waals surface area contributed by atoms with Crippen molar-refractivity contribution < 1.29 is 14.3 Å². The van der Waals surface area contributed by atoms with Gasteiger partial charge in [0.25, 0.3) is 0 Å². The number of hydrogen-bond donors (Lipinski definition) is 2. The lowest BCUT2D eigenvalue weighted by Crippen LogP contribution is -2.51. The lowest BCUT2D eigenvalue weighted by atomic mass is 9.89. The summed E-state index contributed by atoms with van der Waals surface area (Å²) in [4.78, 5) is 11.7. The molecule has 5 heteroatoms. The number of alkyl carbamates (subject to hydrolysis) is 1. The molecule has 1 rings (SSSR count). The fourth-order valence-electron chi connectivity index (χ4n) is 2.18. The van der Waals surface area contributed by atoms with Crippen molar-refractivity contribution in [2.45, 2.75) is 77.7 Å². The molecule has 2 N–H and O–H groups in total. The van der Waals surface area contributed by atoms with E-state index in [4.69, 9.17) is 9.47 Å². The highest BCUT2D eigenvalue weighted by Gasteiger charge is 2.29. The molecule has 1 atom stereocenters. The standard InChI is InChI=1S/C15H30N2O3/c1-6-11(17-14(18)20-15(3,4)5)10-16-12-8-13(9-12)19-7-2/h11-13,16H,6-10H2,1-5H3,(H,17,18).